The smallest absolute Gasteiger partial charge is 0.269 e. The number of rotatable bonds is 4. The number of nitro groups is 1. The van der Waals surface area contributed by atoms with Crippen LogP contribution in [0.5, 0.6) is 11.5 Å². The summed E-state index contributed by atoms with van der Waals surface area (Å²) in [6, 6.07) is 15.1. The van der Waals surface area contributed by atoms with Crippen LogP contribution in [0.2, 0.25) is 0 Å². The van der Waals surface area contributed by atoms with Gasteiger partial charge in [-0.25, -0.2) is 0 Å². The van der Waals surface area contributed by atoms with E-state index in [1.165, 1.54) is 0 Å². The molecule has 216 valence electrons. The largest absolute Gasteiger partial charge is 0.507 e. The molecule has 0 heterocycles. The van der Waals surface area contributed by atoms with Gasteiger partial charge in [-0.3, -0.25) is 10.1 Å². The Hall–Kier alpha value is -3.34. The minimum atomic E-state index is -0.384. The third-order valence-electron chi connectivity index (χ3n) is 7.60. The van der Waals surface area contributed by atoms with E-state index in [0.29, 0.717) is 11.5 Å². The highest BCUT2D eigenvalue weighted by molar-refractivity contribution is 5.58. The van der Waals surface area contributed by atoms with Crippen LogP contribution in [0.3, 0.4) is 0 Å². The second kappa shape index (κ2) is 10.2. The van der Waals surface area contributed by atoms with Gasteiger partial charge < -0.3 is 10.2 Å². The molecule has 0 fully saturated rings. The van der Waals surface area contributed by atoms with Gasteiger partial charge >= 0.3 is 0 Å². The van der Waals surface area contributed by atoms with Crippen molar-refractivity contribution in [3.8, 4) is 11.5 Å². The molecule has 40 heavy (non-hydrogen) atoms. The third-order valence-corrected chi connectivity index (χ3v) is 7.60. The average Bonchev–Trinajstić information content (AvgIpc) is 2.78. The van der Waals surface area contributed by atoms with Crippen LogP contribution in [0.1, 0.15) is 128 Å². The number of non-ortho nitro benzene ring substituents is 1. The highest BCUT2D eigenvalue weighted by atomic mass is 16.6. The molecule has 0 unspecified atom stereocenters. The minimum absolute atomic E-state index is 0.0374. The van der Waals surface area contributed by atoms with E-state index in [2.05, 4.69) is 107 Å². The molecular weight excluding hydrogens is 498 g/mol. The van der Waals surface area contributed by atoms with E-state index in [-0.39, 0.29) is 38.2 Å². The van der Waals surface area contributed by atoms with Crippen molar-refractivity contribution in [1.29, 1.82) is 0 Å². The lowest BCUT2D eigenvalue weighted by Crippen LogP contribution is -2.20. The monoisotopic (exact) mass is 545 g/mol. The first-order chi connectivity index (χ1) is 18.0. The number of benzene rings is 3. The average molecular weight is 546 g/mol. The molecule has 0 aromatic heterocycles. The summed E-state index contributed by atoms with van der Waals surface area (Å²) in [5.74, 6) is 0.330. The molecule has 0 bridgehead atoms. The van der Waals surface area contributed by atoms with E-state index in [0.717, 1.165) is 38.9 Å². The fourth-order valence-corrected chi connectivity index (χ4v) is 5.30. The van der Waals surface area contributed by atoms with Crippen LogP contribution in [-0.4, -0.2) is 15.1 Å². The molecule has 5 heteroatoms. The Morgan fingerprint density at radius 3 is 1.05 bits per heavy atom. The summed E-state index contributed by atoms with van der Waals surface area (Å²) in [5, 5.41) is 34.3. The van der Waals surface area contributed by atoms with Crippen LogP contribution < -0.4 is 0 Å². The number of phenolic OH excluding ortho intramolecular Hbond substituents is 2. The molecule has 0 aliphatic rings. The molecule has 0 saturated carbocycles. The molecule has 2 N–H and O–H groups in total. The van der Waals surface area contributed by atoms with Gasteiger partial charge in [-0.05, 0) is 60.6 Å². The van der Waals surface area contributed by atoms with Gasteiger partial charge in [-0.15, -0.1) is 0 Å². The number of hydrogen-bond donors (Lipinski definition) is 2. The molecule has 0 amide bonds. The van der Waals surface area contributed by atoms with Crippen LogP contribution in [-0.2, 0) is 21.7 Å². The second-order valence-corrected chi connectivity index (χ2v) is 15.2. The Labute approximate surface area is 240 Å². The van der Waals surface area contributed by atoms with Crippen molar-refractivity contribution < 1.29 is 15.1 Å². The molecule has 0 radical (unpaired) electrons. The van der Waals surface area contributed by atoms with Gasteiger partial charge in [0.05, 0.1) is 4.92 Å². The van der Waals surface area contributed by atoms with Gasteiger partial charge in [0.1, 0.15) is 11.5 Å². The lowest BCUT2D eigenvalue weighted by atomic mass is 9.73. The van der Waals surface area contributed by atoms with E-state index < -0.39 is 0 Å². The Bertz CT molecular complexity index is 1250. The van der Waals surface area contributed by atoms with Crippen LogP contribution in [0, 0.1) is 10.1 Å². The predicted molar refractivity (Wildman–Crippen MR) is 165 cm³/mol. The molecule has 0 atom stereocenters. The third kappa shape index (κ3) is 6.35. The lowest BCUT2D eigenvalue weighted by Gasteiger charge is -2.32. The molecular formula is C35H47NO4. The predicted octanol–water partition coefficient (Wildman–Crippen LogP) is 9.38. The van der Waals surface area contributed by atoms with E-state index in [1.54, 1.807) is 12.1 Å². The molecule has 0 spiro atoms. The maximum absolute atomic E-state index is 11.5. The fourth-order valence-electron chi connectivity index (χ4n) is 5.30. The molecule has 0 aliphatic heterocycles. The summed E-state index contributed by atoms with van der Waals surface area (Å²) >= 11 is 0. The lowest BCUT2D eigenvalue weighted by molar-refractivity contribution is -0.384. The zero-order chi connectivity index (χ0) is 30.6. The van der Waals surface area contributed by atoms with Gasteiger partial charge in [0.25, 0.3) is 5.69 Å². The number of nitrogens with zero attached hydrogens (tertiary/aromatic N) is 1. The summed E-state index contributed by atoms with van der Waals surface area (Å²) in [4.78, 5) is 11.1. The highest BCUT2D eigenvalue weighted by Crippen LogP contribution is 2.47. The minimum Gasteiger partial charge on any atom is -0.507 e. The Kier molecular flexibility index (Phi) is 7.99. The van der Waals surface area contributed by atoms with Gasteiger partial charge in [-0.1, -0.05) is 119 Å². The normalized spacial score (nSPS) is 13.1. The quantitative estimate of drug-likeness (QED) is 0.194. The van der Waals surface area contributed by atoms with Crippen molar-refractivity contribution in [2.45, 2.75) is 111 Å². The number of nitro benzene ring substituents is 1. The van der Waals surface area contributed by atoms with Crippen molar-refractivity contribution in [2.75, 3.05) is 0 Å². The second-order valence-electron chi connectivity index (χ2n) is 15.2. The Morgan fingerprint density at radius 1 is 0.550 bits per heavy atom. The summed E-state index contributed by atoms with van der Waals surface area (Å²) < 4.78 is 0. The van der Waals surface area contributed by atoms with Crippen LogP contribution in [0.4, 0.5) is 5.69 Å². The topological polar surface area (TPSA) is 83.6 Å². The first-order valence-electron chi connectivity index (χ1n) is 14.0. The van der Waals surface area contributed by atoms with Crippen LogP contribution in [0.25, 0.3) is 0 Å². The van der Waals surface area contributed by atoms with Crippen molar-refractivity contribution in [3.05, 3.63) is 97.6 Å². The standard InChI is InChI=1S/C35H47NO4/c1-32(2,3)25-17-22(18-26(30(25)37)33(4,5)6)29(21-13-15-24(16-14-21)36(39)40)23-19-27(34(7,8)9)31(38)28(20-23)35(10,11)12/h13-20,29,37-38H,1-12H3. The van der Waals surface area contributed by atoms with Crippen molar-refractivity contribution in [1.82, 2.24) is 0 Å². The maximum atomic E-state index is 11.5. The molecule has 0 aliphatic carbocycles. The van der Waals surface area contributed by atoms with E-state index in [1.807, 2.05) is 12.1 Å². The molecule has 3 rings (SSSR count). The zero-order valence-corrected chi connectivity index (χ0v) is 26.4. The summed E-state index contributed by atoms with van der Waals surface area (Å²) in [6.07, 6.45) is 0. The van der Waals surface area contributed by atoms with Crippen molar-refractivity contribution >= 4 is 5.69 Å². The van der Waals surface area contributed by atoms with E-state index in [9.17, 15) is 20.3 Å². The summed E-state index contributed by atoms with van der Waals surface area (Å²) in [7, 11) is 0. The molecule has 5 nitrogen and oxygen atoms in total. The molecule has 3 aromatic rings. The number of phenols is 2. The maximum Gasteiger partial charge on any atom is 0.269 e. The molecule has 3 aromatic carbocycles. The van der Waals surface area contributed by atoms with E-state index in [4.69, 9.17) is 0 Å². The van der Waals surface area contributed by atoms with E-state index >= 15 is 0 Å². The highest BCUT2D eigenvalue weighted by Gasteiger charge is 2.32. The van der Waals surface area contributed by atoms with Crippen molar-refractivity contribution in [2.24, 2.45) is 0 Å². The van der Waals surface area contributed by atoms with Gasteiger partial charge in [0, 0.05) is 18.1 Å². The molecule has 0 saturated heterocycles. The van der Waals surface area contributed by atoms with Crippen LogP contribution >= 0.6 is 0 Å². The first kappa shape index (κ1) is 31.2. The number of aromatic hydroxyl groups is 2. The Balaban J connectivity index is 2.52. The summed E-state index contributed by atoms with van der Waals surface area (Å²) in [6.45, 7) is 25.1. The fraction of sp³-hybridized carbons (Fsp3) is 0.486. The van der Waals surface area contributed by atoms with Gasteiger partial charge in [0.2, 0.25) is 0 Å². The SMILES string of the molecule is CC(C)(C)c1cc(C(c2ccc([N+](=O)[O-])cc2)c2cc(C(C)(C)C)c(O)c(C(C)(C)C)c2)cc(C(C)(C)C)c1O. The van der Waals surface area contributed by atoms with Crippen LogP contribution in [0.15, 0.2) is 48.5 Å². The first-order valence-corrected chi connectivity index (χ1v) is 14.0. The Morgan fingerprint density at radius 2 is 0.825 bits per heavy atom. The zero-order valence-electron chi connectivity index (χ0n) is 26.4. The number of hydrogen-bond acceptors (Lipinski definition) is 4. The van der Waals surface area contributed by atoms with Gasteiger partial charge in [-0.2, -0.15) is 0 Å². The van der Waals surface area contributed by atoms with Gasteiger partial charge in [0.15, 0.2) is 0 Å². The van der Waals surface area contributed by atoms with Crippen molar-refractivity contribution in [3.63, 3.8) is 0 Å². The summed E-state index contributed by atoms with van der Waals surface area (Å²) in [5.41, 5.74) is 5.07.